The van der Waals surface area contributed by atoms with Gasteiger partial charge in [0.25, 0.3) is 0 Å². The fourth-order valence-corrected chi connectivity index (χ4v) is 10.8. The predicted molar refractivity (Wildman–Crippen MR) is 334 cm³/mol. The van der Waals surface area contributed by atoms with E-state index in [0.29, 0.717) is 19.4 Å². The van der Waals surface area contributed by atoms with Crippen LogP contribution in [0.2, 0.25) is 0 Å². The quantitative estimate of drug-likeness (QED) is 0.0195. The second kappa shape index (κ2) is 58.6. The molecule has 7 unspecified atom stereocenters. The summed E-state index contributed by atoms with van der Waals surface area (Å²) in [6, 6.07) is -0.811. The molecule has 0 aromatic heterocycles. The van der Waals surface area contributed by atoms with Crippen molar-refractivity contribution in [2.45, 2.75) is 371 Å². The molecular weight excluding hydrogens is 1000 g/mol. The Hall–Kier alpha value is -2.12. The van der Waals surface area contributed by atoms with E-state index in [9.17, 15) is 35.1 Å². The Bertz CT molecular complexity index is 1420. The summed E-state index contributed by atoms with van der Waals surface area (Å²) < 4.78 is 16.7. The summed E-state index contributed by atoms with van der Waals surface area (Å²) in [5, 5.41) is 54.3. The predicted octanol–water partition coefficient (Wildman–Crippen LogP) is 17.0. The van der Waals surface area contributed by atoms with Crippen LogP contribution in [0.5, 0.6) is 0 Å². The highest BCUT2D eigenvalue weighted by Crippen LogP contribution is 2.23. The first-order chi connectivity index (χ1) is 39.2. The molecule has 1 heterocycles. The van der Waals surface area contributed by atoms with Crippen molar-refractivity contribution in [2.24, 2.45) is 0 Å². The van der Waals surface area contributed by atoms with Crippen LogP contribution >= 0.6 is 0 Å². The van der Waals surface area contributed by atoms with Crippen molar-refractivity contribution < 1.29 is 49.3 Å². The Morgan fingerprint density at radius 2 is 0.838 bits per heavy atom. The van der Waals surface area contributed by atoms with Crippen LogP contribution in [0.15, 0.2) is 36.5 Å². The van der Waals surface area contributed by atoms with Crippen LogP contribution in [0.3, 0.4) is 0 Å². The lowest BCUT2D eigenvalue weighted by Gasteiger charge is -2.40. The zero-order chi connectivity index (χ0) is 58.0. The van der Waals surface area contributed by atoms with Crippen molar-refractivity contribution in [3.8, 4) is 0 Å². The molecule has 1 aliphatic rings. The van der Waals surface area contributed by atoms with Crippen LogP contribution in [0.4, 0.5) is 0 Å². The molecule has 11 nitrogen and oxygen atoms in total. The van der Waals surface area contributed by atoms with Gasteiger partial charge in [0.05, 0.1) is 32.0 Å². The van der Waals surface area contributed by atoms with Gasteiger partial charge in [0.15, 0.2) is 6.29 Å². The number of rotatable bonds is 60. The van der Waals surface area contributed by atoms with Gasteiger partial charge in [-0.25, -0.2) is 0 Å². The minimum Gasteiger partial charge on any atom is -0.466 e. The number of allylic oxidation sites excluding steroid dienone is 5. The average Bonchev–Trinajstić information content (AvgIpc) is 3.46. The minimum absolute atomic E-state index is 0.00469. The number of esters is 1. The maximum absolute atomic E-state index is 13.0. The number of hydrogen-bond donors (Lipinski definition) is 6. The molecule has 11 heteroatoms. The zero-order valence-corrected chi connectivity index (χ0v) is 52.1. The van der Waals surface area contributed by atoms with Gasteiger partial charge >= 0.3 is 5.97 Å². The van der Waals surface area contributed by atoms with Crippen LogP contribution in [-0.4, -0.2) is 100 Å². The zero-order valence-electron chi connectivity index (χ0n) is 52.1. The summed E-state index contributed by atoms with van der Waals surface area (Å²) in [5.74, 6) is -0.182. The molecule has 1 fully saturated rings. The second-order valence-corrected chi connectivity index (χ2v) is 23.9. The van der Waals surface area contributed by atoms with Gasteiger partial charge in [0, 0.05) is 12.8 Å². The first kappa shape index (κ1) is 75.9. The van der Waals surface area contributed by atoms with Crippen molar-refractivity contribution in [1.82, 2.24) is 5.32 Å². The molecule has 470 valence electrons. The van der Waals surface area contributed by atoms with E-state index < -0.39 is 49.5 Å². The maximum atomic E-state index is 13.0. The normalized spacial score (nSPS) is 18.5. The standard InChI is InChI=1S/C69H129NO10/c1-3-5-7-9-11-13-14-15-16-31-34-37-41-45-49-53-57-65(74)78-58-54-50-46-42-38-35-32-29-27-25-23-21-19-17-18-20-22-24-26-28-30-33-36-40-44-48-52-56-64(73)70-61(62(72)55-51-47-43-39-12-10-8-6-4-2)60-79-69-68(77)67(76)66(75)63(59-71)80-69/h17-18,21,23,51,55,61-63,66-69,71-72,75-77H,3-16,19-20,22,24-50,52-54,56-60H2,1-2H3,(H,70,73)/b18-17-,23-21-,55-51+. The fourth-order valence-electron chi connectivity index (χ4n) is 10.8. The number of carbonyl (C=O) groups is 2. The molecule has 1 aliphatic heterocycles. The summed E-state index contributed by atoms with van der Waals surface area (Å²) in [6.07, 6.45) is 64.3. The second-order valence-electron chi connectivity index (χ2n) is 23.9. The van der Waals surface area contributed by atoms with Crippen molar-refractivity contribution >= 4 is 11.9 Å². The van der Waals surface area contributed by atoms with Crippen LogP contribution < -0.4 is 5.32 Å². The van der Waals surface area contributed by atoms with E-state index in [4.69, 9.17) is 14.2 Å². The number of nitrogens with one attached hydrogen (secondary N) is 1. The molecule has 80 heavy (non-hydrogen) atoms. The van der Waals surface area contributed by atoms with Gasteiger partial charge in [0.1, 0.15) is 24.4 Å². The Labute approximate surface area is 492 Å². The molecular formula is C69H129NO10. The lowest BCUT2D eigenvalue weighted by atomic mass is 9.99. The first-order valence-electron chi connectivity index (χ1n) is 34.3. The smallest absolute Gasteiger partial charge is 0.305 e. The summed E-state index contributed by atoms with van der Waals surface area (Å²) in [6.45, 7) is 4.34. The molecule has 1 saturated heterocycles. The number of carbonyl (C=O) groups excluding carboxylic acids is 2. The third-order valence-corrected chi connectivity index (χ3v) is 16.2. The molecule has 0 radical (unpaired) electrons. The highest BCUT2D eigenvalue weighted by Gasteiger charge is 2.44. The van der Waals surface area contributed by atoms with E-state index in [1.165, 1.54) is 238 Å². The number of amides is 1. The summed E-state index contributed by atoms with van der Waals surface area (Å²) in [4.78, 5) is 25.1. The van der Waals surface area contributed by atoms with Crippen LogP contribution in [0, 0.1) is 0 Å². The third kappa shape index (κ3) is 47.3. The lowest BCUT2D eigenvalue weighted by molar-refractivity contribution is -0.302. The number of aliphatic hydroxyl groups is 5. The van der Waals surface area contributed by atoms with Crippen LogP contribution in [0.1, 0.15) is 328 Å². The van der Waals surface area contributed by atoms with E-state index in [2.05, 4.69) is 43.5 Å². The molecule has 1 rings (SSSR count). The van der Waals surface area contributed by atoms with E-state index >= 15 is 0 Å². The topological polar surface area (TPSA) is 175 Å². The van der Waals surface area contributed by atoms with Crippen LogP contribution in [0.25, 0.3) is 0 Å². The van der Waals surface area contributed by atoms with E-state index in [1.807, 2.05) is 6.08 Å². The first-order valence-corrected chi connectivity index (χ1v) is 34.3. The van der Waals surface area contributed by atoms with E-state index in [1.54, 1.807) is 6.08 Å². The van der Waals surface area contributed by atoms with Crippen molar-refractivity contribution in [3.05, 3.63) is 36.5 Å². The van der Waals surface area contributed by atoms with E-state index in [-0.39, 0.29) is 18.5 Å². The molecule has 0 aliphatic carbocycles. The van der Waals surface area contributed by atoms with Crippen molar-refractivity contribution in [1.29, 1.82) is 0 Å². The van der Waals surface area contributed by atoms with E-state index in [0.717, 1.165) is 64.2 Å². The molecule has 6 N–H and O–H groups in total. The number of unbranched alkanes of at least 4 members (excludes halogenated alkanes) is 42. The molecule has 0 spiro atoms. The Kier molecular flexibility index (Phi) is 55.6. The SMILES string of the molecule is CCCCCCCCC/C=C/C(O)C(COC1OC(CO)C(O)C(O)C1O)NC(=O)CCCCCCCCCCCCC/C=C\C/C=C\CCCCCCCCCCCOC(=O)CCCCCCCCCCCCCCCCCC. The molecule has 0 saturated carbocycles. The summed E-state index contributed by atoms with van der Waals surface area (Å²) in [7, 11) is 0. The van der Waals surface area contributed by atoms with Gasteiger partial charge in [-0.3, -0.25) is 9.59 Å². The third-order valence-electron chi connectivity index (χ3n) is 16.2. The van der Waals surface area contributed by atoms with Gasteiger partial charge in [-0.1, -0.05) is 288 Å². The molecule has 0 aromatic carbocycles. The Balaban J connectivity index is 1.95. The highest BCUT2D eigenvalue weighted by molar-refractivity contribution is 5.76. The van der Waals surface area contributed by atoms with Gasteiger partial charge in [0.2, 0.25) is 5.91 Å². The van der Waals surface area contributed by atoms with Gasteiger partial charge in [-0.2, -0.15) is 0 Å². The van der Waals surface area contributed by atoms with Gasteiger partial charge < -0.3 is 45.1 Å². The lowest BCUT2D eigenvalue weighted by Crippen LogP contribution is -2.60. The highest BCUT2D eigenvalue weighted by atomic mass is 16.7. The molecule has 7 atom stereocenters. The number of hydrogen-bond acceptors (Lipinski definition) is 10. The monoisotopic (exact) mass is 1130 g/mol. The molecule has 0 bridgehead atoms. The van der Waals surface area contributed by atoms with Crippen LogP contribution in [-0.2, 0) is 23.8 Å². The average molecular weight is 1130 g/mol. The van der Waals surface area contributed by atoms with Gasteiger partial charge in [-0.15, -0.1) is 0 Å². The minimum atomic E-state index is -1.57. The molecule has 0 aromatic rings. The summed E-state index contributed by atoms with van der Waals surface area (Å²) in [5.41, 5.74) is 0. The van der Waals surface area contributed by atoms with Crippen molar-refractivity contribution in [2.75, 3.05) is 19.8 Å². The summed E-state index contributed by atoms with van der Waals surface area (Å²) >= 11 is 0. The maximum Gasteiger partial charge on any atom is 0.305 e. The largest absolute Gasteiger partial charge is 0.466 e. The fraction of sp³-hybridized carbons (Fsp3) is 0.884. The van der Waals surface area contributed by atoms with Gasteiger partial charge in [-0.05, 0) is 64.2 Å². The Morgan fingerprint density at radius 1 is 0.463 bits per heavy atom. The number of ether oxygens (including phenoxy) is 3. The number of aliphatic hydroxyl groups excluding tert-OH is 5. The Morgan fingerprint density at radius 3 is 1.26 bits per heavy atom. The molecule has 1 amide bonds. The van der Waals surface area contributed by atoms with Crippen molar-refractivity contribution in [3.63, 3.8) is 0 Å².